The summed E-state index contributed by atoms with van der Waals surface area (Å²) in [4.78, 5) is 28.4. The maximum atomic E-state index is 13.8. The maximum Gasteiger partial charge on any atom is 0.242 e. The number of rotatable bonds is 10. The van der Waals surface area contributed by atoms with E-state index in [0.29, 0.717) is 6.54 Å². The fraction of sp³-hybridized carbons (Fsp3) is 0.310. The van der Waals surface area contributed by atoms with Gasteiger partial charge >= 0.3 is 0 Å². The normalized spacial score (nSPS) is 11.8. The molecular weight excluding hydrogens is 424 g/mol. The summed E-state index contributed by atoms with van der Waals surface area (Å²) in [5, 5.41) is 2.95. The van der Waals surface area contributed by atoms with Gasteiger partial charge in [-0.25, -0.2) is 0 Å². The lowest BCUT2D eigenvalue weighted by molar-refractivity contribution is -0.141. The summed E-state index contributed by atoms with van der Waals surface area (Å²) >= 11 is 0. The van der Waals surface area contributed by atoms with E-state index in [9.17, 15) is 9.59 Å². The minimum absolute atomic E-state index is 0.00916. The molecule has 0 aliphatic rings. The maximum absolute atomic E-state index is 13.8. The molecule has 0 heterocycles. The average molecular weight is 459 g/mol. The van der Waals surface area contributed by atoms with Gasteiger partial charge in [0.15, 0.2) is 0 Å². The highest BCUT2D eigenvalue weighted by atomic mass is 16.5. The van der Waals surface area contributed by atoms with Crippen LogP contribution in [0.25, 0.3) is 0 Å². The van der Waals surface area contributed by atoms with Gasteiger partial charge in [-0.1, -0.05) is 72.8 Å². The van der Waals surface area contributed by atoms with Crippen molar-refractivity contribution in [2.24, 2.45) is 0 Å². The molecule has 1 atom stereocenters. The van der Waals surface area contributed by atoms with Crippen molar-refractivity contribution in [3.05, 3.63) is 102 Å². The Morgan fingerprint density at radius 3 is 1.97 bits per heavy atom. The Balaban J connectivity index is 1.92. The number of amides is 2. The number of nitrogens with one attached hydrogen (secondary N) is 1. The predicted molar refractivity (Wildman–Crippen MR) is 136 cm³/mol. The second-order valence-electron chi connectivity index (χ2n) is 8.79. The van der Waals surface area contributed by atoms with Gasteiger partial charge in [-0.15, -0.1) is 0 Å². The van der Waals surface area contributed by atoms with Crippen molar-refractivity contribution in [1.82, 2.24) is 10.2 Å². The summed E-state index contributed by atoms with van der Waals surface area (Å²) < 4.78 is 5.35. The molecule has 5 nitrogen and oxygen atoms in total. The van der Waals surface area contributed by atoms with Crippen LogP contribution < -0.4 is 10.1 Å². The van der Waals surface area contributed by atoms with Gasteiger partial charge in [0.2, 0.25) is 11.8 Å². The Hall–Kier alpha value is -3.60. The molecule has 3 rings (SSSR count). The second kappa shape index (κ2) is 12.0. The van der Waals surface area contributed by atoms with Gasteiger partial charge in [0, 0.05) is 24.9 Å². The Kier molecular flexibility index (Phi) is 8.86. The van der Waals surface area contributed by atoms with Crippen molar-refractivity contribution >= 4 is 11.8 Å². The molecule has 0 aliphatic carbocycles. The molecule has 3 aromatic rings. The molecule has 0 aliphatic heterocycles. The minimum Gasteiger partial charge on any atom is -0.497 e. The first-order valence-electron chi connectivity index (χ1n) is 11.7. The molecule has 34 heavy (non-hydrogen) atoms. The van der Waals surface area contributed by atoms with Crippen LogP contribution in [0.4, 0.5) is 0 Å². The lowest BCUT2D eigenvalue weighted by Gasteiger charge is -2.31. The number of methoxy groups -OCH3 is 1. The number of benzene rings is 3. The zero-order chi connectivity index (χ0) is 24.5. The Morgan fingerprint density at radius 2 is 1.44 bits per heavy atom. The zero-order valence-electron chi connectivity index (χ0n) is 20.4. The van der Waals surface area contributed by atoms with Crippen LogP contribution in [0.2, 0.25) is 0 Å². The van der Waals surface area contributed by atoms with Crippen LogP contribution in [0.15, 0.2) is 84.9 Å². The highest BCUT2D eigenvalue weighted by Crippen LogP contribution is 2.29. The molecule has 1 N–H and O–H groups in total. The van der Waals surface area contributed by atoms with Crippen LogP contribution in [0.1, 0.15) is 49.8 Å². The summed E-state index contributed by atoms with van der Waals surface area (Å²) in [6.45, 7) is 5.94. The molecule has 0 aromatic heterocycles. The van der Waals surface area contributed by atoms with Gasteiger partial charge in [0.05, 0.1) is 7.11 Å². The zero-order valence-corrected chi connectivity index (χ0v) is 20.4. The van der Waals surface area contributed by atoms with Crippen molar-refractivity contribution in [1.29, 1.82) is 0 Å². The van der Waals surface area contributed by atoms with E-state index in [0.717, 1.165) is 22.4 Å². The number of hydrogen-bond donors (Lipinski definition) is 1. The molecule has 0 unspecified atom stereocenters. The summed E-state index contributed by atoms with van der Waals surface area (Å²) in [7, 11) is 1.62. The van der Waals surface area contributed by atoms with Crippen LogP contribution in [0, 0.1) is 0 Å². The smallest absolute Gasteiger partial charge is 0.242 e. The minimum atomic E-state index is -0.617. The van der Waals surface area contributed by atoms with Crippen molar-refractivity contribution in [3.8, 4) is 5.75 Å². The van der Waals surface area contributed by atoms with E-state index in [-0.39, 0.29) is 30.2 Å². The van der Waals surface area contributed by atoms with Gasteiger partial charge in [-0.3, -0.25) is 9.59 Å². The van der Waals surface area contributed by atoms with Crippen LogP contribution in [-0.4, -0.2) is 35.9 Å². The van der Waals surface area contributed by atoms with E-state index in [4.69, 9.17) is 4.74 Å². The highest BCUT2D eigenvalue weighted by Gasteiger charge is 2.29. The van der Waals surface area contributed by atoms with E-state index in [1.54, 1.807) is 18.9 Å². The average Bonchev–Trinajstić information content (AvgIpc) is 2.86. The SMILES string of the molecule is COc1cccc(CN(C(=O)CC(c2ccccc2)c2ccccc2)[C@H](C)C(=O)NC(C)C)c1. The van der Waals surface area contributed by atoms with Crippen LogP contribution in [0.5, 0.6) is 5.75 Å². The van der Waals surface area contributed by atoms with Gasteiger partial charge in [-0.2, -0.15) is 0 Å². The largest absolute Gasteiger partial charge is 0.497 e. The molecular formula is C29H34N2O3. The first-order chi connectivity index (χ1) is 16.4. The van der Waals surface area contributed by atoms with Gasteiger partial charge in [-0.05, 0) is 49.6 Å². The van der Waals surface area contributed by atoms with E-state index < -0.39 is 6.04 Å². The second-order valence-corrected chi connectivity index (χ2v) is 8.79. The van der Waals surface area contributed by atoms with Gasteiger partial charge < -0.3 is 15.0 Å². The van der Waals surface area contributed by atoms with Crippen molar-refractivity contribution < 1.29 is 14.3 Å². The van der Waals surface area contributed by atoms with Gasteiger partial charge in [0.1, 0.15) is 11.8 Å². The third-order valence-corrected chi connectivity index (χ3v) is 5.87. The topological polar surface area (TPSA) is 58.6 Å². The van der Waals surface area contributed by atoms with Crippen molar-refractivity contribution in [2.45, 2.75) is 51.7 Å². The Labute approximate surface area is 202 Å². The summed E-state index contributed by atoms with van der Waals surface area (Å²) in [6, 6.07) is 27.1. The fourth-order valence-electron chi connectivity index (χ4n) is 4.05. The first kappa shape index (κ1) is 25.0. The molecule has 0 fully saturated rings. The summed E-state index contributed by atoms with van der Waals surface area (Å²) in [5.41, 5.74) is 3.05. The fourth-order valence-corrected chi connectivity index (χ4v) is 4.05. The van der Waals surface area contributed by atoms with Crippen LogP contribution in [0.3, 0.4) is 0 Å². The van der Waals surface area contributed by atoms with E-state index in [1.165, 1.54) is 0 Å². The number of nitrogens with zero attached hydrogens (tertiary/aromatic N) is 1. The quantitative estimate of drug-likeness (QED) is 0.457. The lowest BCUT2D eigenvalue weighted by atomic mass is 9.88. The number of hydrogen-bond acceptors (Lipinski definition) is 3. The van der Waals surface area contributed by atoms with Crippen LogP contribution >= 0.6 is 0 Å². The molecule has 3 aromatic carbocycles. The van der Waals surface area contributed by atoms with E-state index >= 15 is 0 Å². The summed E-state index contributed by atoms with van der Waals surface area (Å²) in [5.74, 6) is 0.368. The highest BCUT2D eigenvalue weighted by molar-refractivity contribution is 5.88. The first-order valence-corrected chi connectivity index (χ1v) is 11.7. The Morgan fingerprint density at radius 1 is 0.853 bits per heavy atom. The monoisotopic (exact) mass is 458 g/mol. The number of ether oxygens (including phenoxy) is 1. The third-order valence-electron chi connectivity index (χ3n) is 5.87. The van der Waals surface area contributed by atoms with E-state index in [2.05, 4.69) is 5.32 Å². The Bertz CT molecular complexity index is 1030. The standard InChI is InChI=1S/C29H34N2O3/c1-21(2)30-29(33)22(3)31(20-23-12-11-17-26(18-23)34-4)28(32)19-27(24-13-7-5-8-14-24)25-15-9-6-10-16-25/h5-18,21-22,27H,19-20H2,1-4H3,(H,30,33)/t22-/m1/s1. The van der Waals surface area contributed by atoms with Crippen molar-refractivity contribution in [3.63, 3.8) is 0 Å². The number of carbonyl (C=O) groups is 2. The molecule has 178 valence electrons. The molecule has 0 spiro atoms. The lowest BCUT2D eigenvalue weighted by Crippen LogP contribution is -2.49. The van der Waals surface area contributed by atoms with Crippen LogP contribution in [-0.2, 0) is 16.1 Å². The third kappa shape index (κ3) is 6.70. The van der Waals surface area contributed by atoms with Crippen molar-refractivity contribution in [2.75, 3.05) is 7.11 Å². The molecule has 2 amide bonds. The number of carbonyl (C=O) groups excluding carboxylic acids is 2. The molecule has 5 heteroatoms. The molecule has 0 saturated carbocycles. The molecule has 0 saturated heterocycles. The molecule has 0 bridgehead atoms. The molecule has 0 radical (unpaired) electrons. The van der Waals surface area contributed by atoms with E-state index in [1.807, 2.05) is 98.8 Å². The predicted octanol–water partition coefficient (Wildman–Crippen LogP) is 5.16. The van der Waals surface area contributed by atoms with Gasteiger partial charge in [0.25, 0.3) is 0 Å². The summed E-state index contributed by atoms with van der Waals surface area (Å²) in [6.07, 6.45) is 0.261.